The van der Waals surface area contributed by atoms with Gasteiger partial charge in [0.25, 0.3) is 0 Å². The second-order valence-electron chi connectivity index (χ2n) is 11.5. The molecule has 194 valence electrons. The van der Waals surface area contributed by atoms with E-state index in [1.54, 1.807) is 26.2 Å². The maximum absolute atomic E-state index is 12.6. The minimum atomic E-state index is -3.48. The van der Waals surface area contributed by atoms with Crippen LogP contribution >= 0.6 is 0 Å². The van der Waals surface area contributed by atoms with Gasteiger partial charge in [0, 0.05) is 39.3 Å². The standard InChI is InChI=1S/C27H43N3O3SSi/c1-20-19-30(21(2)18-28-20)26(22-13-15-25(16-14-22)34(31,32)29(6)7)23-11-10-12-24(17-23)33-35(8,9)27(3,4)5/h10-17,20-21,26,28H,18-19H2,1-9H3. The Morgan fingerprint density at radius 3 is 2.26 bits per heavy atom. The van der Waals surface area contributed by atoms with Crippen molar-refractivity contribution in [1.82, 2.24) is 14.5 Å². The highest BCUT2D eigenvalue weighted by atomic mass is 32.2. The maximum atomic E-state index is 12.6. The van der Waals surface area contributed by atoms with E-state index in [0.29, 0.717) is 17.0 Å². The highest BCUT2D eigenvalue weighted by Crippen LogP contribution is 2.39. The van der Waals surface area contributed by atoms with E-state index in [0.717, 1.165) is 30.0 Å². The molecule has 3 unspecified atom stereocenters. The lowest BCUT2D eigenvalue weighted by Gasteiger charge is -2.43. The van der Waals surface area contributed by atoms with E-state index in [1.165, 1.54) is 4.31 Å². The first-order chi connectivity index (χ1) is 16.1. The fraction of sp³-hybridized carbons (Fsp3) is 0.556. The van der Waals surface area contributed by atoms with Crippen LogP contribution in [0.15, 0.2) is 53.4 Å². The number of piperazine rings is 1. The molecule has 0 radical (unpaired) electrons. The molecule has 0 aliphatic carbocycles. The summed E-state index contributed by atoms with van der Waals surface area (Å²) in [5.74, 6) is 0.904. The first-order valence-electron chi connectivity index (χ1n) is 12.4. The van der Waals surface area contributed by atoms with Gasteiger partial charge in [0.2, 0.25) is 18.3 Å². The van der Waals surface area contributed by atoms with Crippen molar-refractivity contribution in [2.75, 3.05) is 27.2 Å². The summed E-state index contributed by atoms with van der Waals surface area (Å²) in [6.45, 7) is 17.5. The maximum Gasteiger partial charge on any atom is 0.250 e. The Kier molecular flexibility index (Phi) is 8.23. The molecule has 1 fully saturated rings. The molecule has 2 aromatic carbocycles. The first-order valence-corrected chi connectivity index (χ1v) is 16.8. The highest BCUT2D eigenvalue weighted by Gasteiger charge is 2.39. The third kappa shape index (κ3) is 6.17. The Hall–Kier alpha value is -1.71. The fourth-order valence-corrected chi connectivity index (χ4v) is 6.14. The molecule has 1 saturated heterocycles. The molecule has 0 amide bonds. The lowest BCUT2D eigenvalue weighted by atomic mass is 9.94. The molecule has 0 saturated carbocycles. The van der Waals surface area contributed by atoms with Crippen LogP contribution in [0.4, 0.5) is 0 Å². The molecule has 1 N–H and O–H groups in total. The van der Waals surface area contributed by atoms with Gasteiger partial charge in [-0.1, -0.05) is 45.0 Å². The number of hydrogen-bond donors (Lipinski definition) is 1. The fourth-order valence-electron chi connectivity index (χ4n) is 4.21. The Balaban J connectivity index is 2.06. The minimum Gasteiger partial charge on any atom is -0.543 e. The van der Waals surface area contributed by atoms with Crippen LogP contribution in [0.1, 0.15) is 51.8 Å². The van der Waals surface area contributed by atoms with Gasteiger partial charge in [-0.25, -0.2) is 12.7 Å². The van der Waals surface area contributed by atoms with Crippen molar-refractivity contribution in [3.05, 3.63) is 59.7 Å². The number of benzene rings is 2. The molecule has 0 bridgehead atoms. The lowest BCUT2D eigenvalue weighted by Crippen LogP contribution is -2.55. The van der Waals surface area contributed by atoms with Crippen molar-refractivity contribution in [2.45, 2.75) is 75.8 Å². The lowest BCUT2D eigenvalue weighted by molar-refractivity contribution is 0.113. The van der Waals surface area contributed by atoms with Crippen molar-refractivity contribution in [3.8, 4) is 5.75 Å². The normalized spacial score (nSPS) is 21.2. The second kappa shape index (κ2) is 10.3. The molecule has 3 rings (SSSR count). The van der Waals surface area contributed by atoms with E-state index in [1.807, 2.05) is 12.1 Å². The van der Waals surface area contributed by atoms with Crippen LogP contribution in [0, 0.1) is 0 Å². The third-order valence-corrected chi connectivity index (χ3v) is 13.7. The number of rotatable bonds is 7. The average Bonchev–Trinajstić information content (AvgIpc) is 2.76. The van der Waals surface area contributed by atoms with E-state index >= 15 is 0 Å². The summed E-state index contributed by atoms with van der Waals surface area (Å²) in [6, 6.07) is 16.5. The van der Waals surface area contributed by atoms with E-state index in [4.69, 9.17) is 4.43 Å². The Morgan fingerprint density at radius 1 is 1.06 bits per heavy atom. The van der Waals surface area contributed by atoms with E-state index < -0.39 is 18.3 Å². The summed E-state index contributed by atoms with van der Waals surface area (Å²) in [6.07, 6.45) is 0. The van der Waals surface area contributed by atoms with Crippen LogP contribution in [0.2, 0.25) is 18.1 Å². The summed E-state index contributed by atoms with van der Waals surface area (Å²) < 4.78 is 33.2. The van der Waals surface area contributed by atoms with Gasteiger partial charge in [-0.3, -0.25) is 4.90 Å². The quantitative estimate of drug-likeness (QED) is 0.518. The van der Waals surface area contributed by atoms with Gasteiger partial charge in [-0.05, 0) is 67.4 Å². The van der Waals surface area contributed by atoms with Crippen LogP contribution in [0.3, 0.4) is 0 Å². The smallest absolute Gasteiger partial charge is 0.250 e. The monoisotopic (exact) mass is 517 g/mol. The summed E-state index contributed by atoms with van der Waals surface area (Å²) in [5, 5.41) is 3.68. The SMILES string of the molecule is CC1CN(C(c2ccc(S(=O)(=O)N(C)C)cc2)c2cccc(O[Si](C)(C)C(C)(C)C)c2)C(C)CN1. The minimum absolute atomic E-state index is 0.00590. The number of nitrogens with zero attached hydrogens (tertiary/aromatic N) is 2. The predicted octanol–water partition coefficient (Wildman–Crippen LogP) is 5.09. The van der Waals surface area contributed by atoms with Crippen LogP contribution in [0.25, 0.3) is 0 Å². The Labute approximate surface area is 213 Å². The predicted molar refractivity (Wildman–Crippen MR) is 147 cm³/mol. The Morgan fingerprint density at radius 2 is 1.69 bits per heavy atom. The van der Waals surface area contributed by atoms with Gasteiger partial charge in [-0.15, -0.1) is 0 Å². The van der Waals surface area contributed by atoms with Gasteiger partial charge in [-0.2, -0.15) is 0 Å². The van der Waals surface area contributed by atoms with Gasteiger partial charge >= 0.3 is 0 Å². The average molecular weight is 518 g/mol. The molecule has 1 aliphatic heterocycles. The zero-order valence-corrected chi connectivity index (χ0v) is 24.6. The molecule has 3 atom stereocenters. The molecule has 8 heteroatoms. The molecule has 6 nitrogen and oxygen atoms in total. The largest absolute Gasteiger partial charge is 0.543 e. The van der Waals surface area contributed by atoms with Crippen LogP contribution in [-0.4, -0.2) is 65.2 Å². The van der Waals surface area contributed by atoms with E-state index in [9.17, 15) is 8.42 Å². The van der Waals surface area contributed by atoms with Gasteiger partial charge in [0.1, 0.15) is 5.75 Å². The van der Waals surface area contributed by atoms with Gasteiger partial charge in [0.05, 0.1) is 10.9 Å². The zero-order valence-electron chi connectivity index (χ0n) is 22.8. The summed E-state index contributed by atoms with van der Waals surface area (Å²) >= 11 is 0. The van der Waals surface area contributed by atoms with E-state index in [-0.39, 0.29) is 11.1 Å². The summed E-state index contributed by atoms with van der Waals surface area (Å²) in [7, 11) is -2.34. The van der Waals surface area contributed by atoms with Crippen LogP contribution in [-0.2, 0) is 10.0 Å². The van der Waals surface area contributed by atoms with Crippen molar-refractivity contribution in [2.24, 2.45) is 0 Å². The van der Waals surface area contributed by atoms with Crippen molar-refractivity contribution in [1.29, 1.82) is 0 Å². The van der Waals surface area contributed by atoms with E-state index in [2.05, 4.69) is 82.2 Å². The zero-order chi connectivity index (χ0) is 26.2. The summed E-state index contributed by atoms with van der Waals surface area (Å²) in [5.41, 5.74) is 2.23. The third-order valence-electron chi connectivity index (χ3n) is 7.47. The highest BCUT2D eigenvalue weighted by molar-refractivity contribution is 7.89. The number of sulfonamides is 1. The van der Waals surface area contributed by atoms with Crippen molar-refractivity contribution < 1.29 is 12.8 Å². The number of nitrogens with one attached hydrogen (secondary N) is 1. The second-order valence-corrected chi connectivity index (χ2v) is 18.4. The van der Waals surface area contributed by atoms with Crippen molar-refractivity contribution in [3.63, 3.8) is 0 Å². The van der Waals surface area contributed by atoms with Crippen molar-refractivity contribution >= 4 is 18.3 Å². The van der Waals surface area contributed by atoms with Crippen LogP contribution in [0.5, 0.6) is 5.75 Å². The van der Waals surface area contributed by atoms with Crippen LogP contribution < -0.4 is 9.74 Å². The van der Waals surface area contributed by atoms with Gasteiger partial charge in [0.15, 0.2) is 0 Å². The molecule has 2 aromatic rings. The first kappa shape index (κ1) is 27.9. The molecule has 1 heterocycles. The molecule has 35 heavy (non-hydrogen) atoms. The molecular weight excluding hydrogens is 474 g/mol. The molecular formula is C27H43N3O3SSi. The van der Waals surface area contributed by atoms with Gasteiger partial charge < -0.3 is 9.74 Å². The summed E-state index contributed by atoms with van der Waals surface area (Å²) in [4.78, 5) is 2.82. The Bertz CT molecular complexity index is 1110. The molecule has 0 aromatic heterocycles. The topological polar surface area (TPSA) is 61.9 Å². The molecule has 0 spiro atoms. The molecule has 1 aliphatic rings. The number of hydrogen-bond acceptors (Lipinski definition) is 5.